The van der Waals surface area contributed by atoms with Gasteiger partial charge in [0.2, 0.25) is 0 Å². The van der Waals surface area contributed by atoms with Gasteiger partial charge >= 0.3 is 5.97 Å². The molecule has 3 aliphatic carbocycles. The van der Waals surface area contributed by atoms with Gasteiger partial charge in [-0.15, -0.1) is 0 Å². The Hall–Kier alpha value is -1.20. The Bertz CT molecular complexity index is 692. The molecule has 6 atom stereocenters. The van der Waals surface area contributed by atoms with Crippen LogP contribution in [0.3, 0.4) is 0 Å². The summed E-state index contributed by atoms with van der Waals surface area (Å²) in [6.07, 6.45) is 2.44. The Kier molecular flexibility index (Phi) is 3.41. The highest BCUT2D eigenvalue weighted by molar-refractivity contribution is 6.10. The molecule has 0 radical (unpaired) electrons. The molecule has 4 rings (SSSR count). The minimum atomic E-state index is -1.91. The average Bonchev–Trinajstić information content (AvgIpc) is 2.77. The maximum Gasteiger partial charge on any atom is 0.343 e. The normalized spacial score (nSPS) is 48.6. The van der Waals surface area contributed by atoms with Crippen molar-refractivity contribution in [2.75, 3.05) is 6.61 Å². The zero-order valence-electron chi connectivity index (χ0n) is 15.5. The van der Waals surface area contributed by atoms with Crippen molar-refractivity contribution in [3.05, 3.63) is 11.1 Å². The Morgan fingerprint density at radius 3 is 2.52 bits per heavy atom. The van der Waals surface area contributed by atoms with Crippen molar-refractivity contribution < 1.29 is 24.5 Å². The summed E-state index contributed by atoms with van der Waals surface area (Å²) in [6.45, 7) is 8.41. The van der Waals surface area contributed by atoms with E-state index in [0.29, 0.717) is 17.6 Å². The van der Waals surface area contributed by atoms with E-state index in [-0.39, 0.29) is 29.6 Å². The van der Waals surface area contributed by atoms with Crippen LogP contribution in [-0.4, -0.2) is 40.3 Å². The maximum absolute atomic E-state index is 13.1. The van der Waals surface area contributed by atoms with Gasteiger partial charge in [-0.2, -0.15) is 0 Å². The number of Topliss-reactive ketones (excluding diaryl/α,β-unsaturated/α-hetero) is 1. The van der Waals surface area contributed by atoms with Gasteiger partial charge in [0.1, 0.15) is 0 Å². The van der Waals surface area contributed by atoms with Crippen LogP contribution in [0.5, 0.6) is 0 Å². The van der Waals surface area contributed by atoms with Crippen molar-refractivity contribution in [3.8, 4) is 0 Å². The Morgan fingerprint density at radius 2 is 1.84 bits per heavy atom. The number of rotatable bonds is 0. The van der Waals surface area contributed by atoms with Crippen LogP contribution >= 0.6 is 0 Å². The second kappa shape index (κ2) is 4.95. The lowest BCUT2D eigenvalue weighted by atomic mass is 9.48. The van der Waals surface area contributed by atoms with Gasteiger partial charge in [0.05, 0.1) is 18.6 Å². The third-order valence-electron chi connectivity index (χ3n) is 7.60. The highest BCUT2D eigenvalue weighted by atomic mass is 16.6. The van der Waals surface area contributed by atoms with E-state index in [1.54, 1.807) is 0 Å². The number of esters is 1. The highest BCUT2D eigenvalue weighted by Gasteiger charge is 2.70. The third kappa shape index (κ3) is 1.91. The first-order chi connectivity index (χ1) is 11.5. The Balaban J connectivity index is 1.96. The van der Waals surface area contributed by atoms with Gasteiger partial charge in [-0.05, 0) is 41.6 Å². The van der Waals surface area contributed by atoms with E-state index < -0.39 is 29.0 Å². The van der Waals surface area contributed by atoms with Crippen LogP contribution in [0.1, 0.15) is 53.4 Å². The Morgan fingerprint density at radius 1 is 1.16 bits per heavy atom. The van der Waals surface area contributed by atoms with Crippen molar-refractivity contribution in [2.24, 2.45) is 28.6 Å². The summed E-state index contributed by atoms with van der Waals surface area (Å²) in [4.78, 5) is 25.8. The number of aliphatic hydroxyl groups excluding tert-OH is 1. The zero-order valence-corrected chi connectivity index (χ0v) is 15.5. The molecule has 0 aromatic heterocycles. The van der Waals surface area contributed by atoms with E-state index in [1.807, 2.05) is 6.92 Å². The first-order valence-electron chi connectivity index (χ1n) is 9.42. The summed E-state index contributed by atoms with van der Waals surface area (Å²) >= 11 is 0. The minimum absolute atomic E-state index is 0.0197. The molecule has 2 fully saturated rings. The first kappa shape index (κ1) is 17.2. The molecule has 0 bridgehead atoms. The van der Waals surface area contributed by atoms with Crippen LogP contribution in [0.25, 0.3) is 0 Å². The lowest BCUT2D eigenvalue weighted by Gasteiger charge is -2.57. The fourth-order valence-corrected chi connectivity index (χ4v) is 6.57. The van der Waals surface area contributed by atoms with Gasteiger partial charge in [0.25, 0.3) is 0 Å². The summed E-state index contributed by atoms with van der Waals surface area (Å²) in [6, 6.07) is 0. The van der Waals surface area contributed by atoms with Crippen LogP contribution < -0.4 is 0 Å². The topological polar surface area (TPSA) is 83.8 Å². The van der Waals surface area contributed by atoms with Gasteiger partial charge in [-0.3, -0.25) is 4.79 Å². The van der Waals surface area contributed by atoms with Crippen molar-refractivity contribution in [2.45, 2.75) is 65.1 Å². The van der Waals surface area contributed by atoms with Gasteiger partial charge in [0.15, 0.2) is 11.4 Å². The van der Waals surface area contributed by atoms with E-state index in [1.165, 1.54) is 0 Å². The molecule has 0 aromatic carbocycles. The second-order valence-corrected chi connectivity index (χ2v) is 9.54. The number of ketones is 1. The molecule has 1 saturated heterocycles. The van der Waals surface area contributed by atoms with Crippen LogP contribution in [0.4, 0.5) is 0 Å². The second-order valence-electron chi connectivity index (χ2n) is 9.54. The summed E-state index contributed by atoms with van der Waals surface area (Å²) < 4.78 is 5.26. The van der Waals surface area contributed by atoms with Crippen LogP contribution in [0, 0.1) is 28.6 Å². The summed E-state index contributed by atoms with van der Waals surface area (Å²) in [5.74, 6) is -1.94. The molecule has 138 valence electrons. The number of aliphatic hydroxyl groups is 2. The van der Waals surface area contributed by atoms with Crippen LogP contribution in [0.2, 0.25) is 0 Å². The average molecular weight is 348 g/mol. The Labute approximate surface area is 148 Å². The molecule has 25 heavy (non-hydrogen) atoms. The van der Waals surface area contributed by atoms with E-state index in [0.717, 1.165) is 19.3 Å². The monoisotopic (exact) mass is 348 g/mol. The van der Waals surface area contributed by atoms with Crippen LogP contribution in [-0.2, 0) is 14.3 Å². The molecule has 5 heteroatoms. The highest BCUT2D eigenvalue weighted by Crippen LogP contribution is 2.65. The zero-order chi connectivity index (χ0) is 18.4. The lowest BCUT2D eigenvalue weighted by Crippen LogP contribution is -2.59. The fourth-order valence-electron chi connectivity index (χ4n) is 6.57. The maximum atomic E-state index is 13.1. The molecule has 0 aromatic rings. The molecule has 1 saturated carbocycles. The summed E-state index contributed by atoms with van der Waals surface area (Å²) in [7, 11) is 0. The third-order valence-corrected chi connectivity index (χ3v) is 7.60. The number of carbonyl (C=O) groups excluding carboxylic acids is 2. The molecule has 2 N–H and O–H groups in total. The summed E-state index contributed by atoms with van der Waals surface area (Å²) in [5, 5.41) is 22.4. The van der Waals surface area contributed by atoms with E-state index in [9.17, 15) is 19.8 Å². The van der Waals surface area contributed by atoms with Gasteiger partial charge in [0, 0.05) is 11.5 Å². The minimum Gasteiger partial charge on any atom is -0.463 e. The standard InChI is InChI=1S/C20H28O5/c1-10-9-25-17(23)20(24)14(10)15(22)13-11(21)8-12-18(2,3)6-5-7-19(12,4)16(13)20/h10-12,14,21,24H,5-9H2,1-4H3. The smallest absolute Gasteiger partial charge is 0.343 e. The summed E-state index contributed by atoms with van der Waals surface area (Å²) in [5.41, 5.74) is -1.62. The number of hydrogen-bond acceptors (Lipinski definition) is 5. The van der Waals surface area contributed by atoms with Gasteiger partial charge in [-0.1, -0.05) is 34.1 Å². The number of cyclic esters (lactones) is 1. The van der Waals surface area contributed by atoms with E-state index >= 15 is 0 Å². The molecule has 5 nitrogen and oxygen atoms in total. The molecular formula is C20H28O5. The molecule has 6 unspecified atom stereocenters. The molecular weight excluding hydrogens is 320 g/mol. The number of fused-ring (bicyclic) bond motifs is 4. The van der Waals surface area contributed by atoms with Crippen molar-refractivity contribution in [1.29, 1.82) is 0 Å². The van der Waals surface area contributed by atoms with Crippen molar-refractivity contribution in [1.82, 2.24) is 0 Å². The van der Waals surface area contributed by atoms with Crippen molar-refractivity contribution in [3.63, 3.8) is 0 Å². The SMILES string of the molecule is CC1COC(=O)C2(O)C3=C(C(=O)C12)C(O)CC1C(C)(C)CCCC31C. The van der Waals surface area contributed by atoms with E-state index in [2.05, 4.69) is 20.8 Å². The van der Waals surface area contributed by atoms with E-state index in [4.69, 9.17) is 4.74 Å². The number of hydrogen-bond donors (Lipinski definition) is 2. The lowest BCUT2D eigenvalue weighted by molar-refractivity contribution is -0.185. The predicted molar refractivity (Wildman–Crippen MR) is 90.4 cm³/mol. The molecule has 0 amide bonds. The van der Waals surface area contributed by atoms with Crippen LogP contribution in [0.15, 0.2) is 11.1 Å². The molecule has 1 aliphatic heterocycles. The van der Waals surface area contributed by atoms with Gasteiger partial charge < -0.3 is 14.9 Å². The fraction of sp³-hybridized carbons (Fsp3) is 0.800. The quantitative estimate of drug-likeness (QED) is 0.654. The van der Waals surface area contributed by atoms with Crippen molar-refractivity contribution >= 4 is 11.8 Å². The van der Waals surface area contributed by atoms with Gasteiger partial charge in [-0.25, -0.2) is 4.79 Å². The number of carbonyl (C=O) groups is 2. The largest absolute Gasteiger partial charge is 0.463 e. The number of ether oxygens (including phenoxy) is 1. The molecule has 1 heterocycles. The molecule has 0 spiro atoms. The molecule has 4 aliphatic rings. The predicted octanol–water partition coefficient (Wildman–Crippen LogP) is 2.00. The first-order valence-corrected chi connectivity index (χ1v) is 9.42.